The molecule has 1 aromatic heterocycles. The maximum absolute atomic E-state index is 10.8. The lowest BCUT2D eigenvalue weighted by Crippen LogP contribution is -2.11. The number of hydrogen-bond donors (Lipinski definition) is 0. The van der Waals surface area contributed by atoms with Crippen molar-refractivity contribution in [2.75, 3.05) is 0 Å². The van der Waals surface area contributed by atoms with Gasteiger partial charge in [0.2, 0.25) is 0 Å². The van der Waals surface area contributed by atoms with Crippen molar-refractivity contribution in [1.82, 2.24) is 9.55 Å². The van der Waals surface area contributed by atoms with Crippen LogP contribution in [0.5, 0.6) is 0 Å². The van der Waals surface area contributed by atoms with Crippen LogP contribution in [0.15, 0.2) is 18.5 Å². The Morgan fingerprint density at radius 3 is 3.30 bits per heavy atom. The standard InChI is InChI=1S/C7H6N2O/c10-6-1-2-7-8-3-4-9(7)5-6/h1-4H,5H2. The van der Waals surface area contributed by atoms with E-state index < -0.39 is 0 Å². The van der Waals surface area contributed by atoms with Crippen molar-refractivity contribution in [1.29, 1.82) is 0 Å². The summed E-state index contributed by atoms with van der Waals surface area (Å²) in [6.45, 7) is 0.436. The van der Waals surface area contributed by atoms with Crippen LogP contribution in [0.4, 0.5) is 0 Å². The van der Waals surface area contributed by atoms with Crippen molar-refractivity contribution in [2.45, 2.75) is 6.54 Å². The zero-order chi connectivity index (χ0) is 6.97. The van der Waals surface area contributed by atoms with Gasteiger partial charge in [-0.1, -0.05) is 0 Å². The van der Waals surface area contributed by atoms with Crippen molar-refractivity contribution in [3.05, 3.63) is 24.3 Å². The molecule has 0 bridgehead atoms. The van der Waals surface area contributed by atoms with Gasteiger partial charge in [-0.25, -0.2) is 4.98 Å². The summed E-state index contributed by atoms with van der Waals surface area (Å²) in [5.74, 6) is 0.991. The van der Waals surface area contributed by atoms with Gasteiger partial charge in [0.05, 0.1) is 6.54 Å². The molecule has 0 N–H and O–H groups in total. The largest absolute Gasteiger partial charge is 0.324 e. The van der Waals surface area contributed by atoms with Crippen LogP contribution in [0.1, 0.15) is 5.82 Å². The fourth-order valence-corrected chi connectivity index (χ4v) is 1.00. The summed E-state index contributed by atoms with van der Waals surface area (Å²) in [5.41, 5.74) is 0. The molecule has 0 saturated carbocycles. The predicted molar refractivity (Wildman–Crippen MR) is 36.3 cm³/mol. The zero-order valence-corrected chi connectivity index (χ0v) is 5.32. The van der Waals surface area contributed by atoms with E-state index in [1.54, 1.807) is 24.5 Å². The van der Waals surface area contributed by atoms with Gasteiger partial charge in [0.1, 0.15) is 5.82 Å². The van der Waals surface area contributed by atoms with E-state index in [1.165, 1.54) is 0 Å². The Balaban J connectivity index is 2.52. The summed E-state index contributed by atoms with van der Waals surface area (Å²) >= 11 is 0. The first kappa shape index (κ1) is 5.41. The minimum Gasteiger partial charge on any atom is -0.324 e. The van der Waals surface area contributed by atoms with E-state index in [2.05, 4.69) is 4.98 Å². The number of fused-ring (bicyclic) bond motifs is 1. The molecule has 0 atom stereocenters. The molecule has 0 aromatic carbocycles. The predicted octanol–water partition coefficient (Wildman–Crippen LogP) is 0.479. The van der Waals surface area contributed by atoms with Crippen molar-refractivity contribution in [3.63, 3.8) is 0 Å². The molecule has 0 fully saturated rings. The van der Waals surface area contributed by atoms with E-state index >= 15 is 0 Å². The number of imidazole rings is 1. The Morgan fingerprint density at radius 2 is 2.40 bits per heavy atom. The van der Waals surface area contributed by atoms with Crippen LogP contribution in [0, 0.1) is 0 Å². The van der Waals surface area contributed by atoms with Gasteiger partial charge in [-0.2, -0.15) is 0 Å². The molecule has 3 nitrogen and oxygen atoms in total. The van der Waals surface area contributed by atoms with Crippen LogP contribution in [0.25, 0.3) is 6.08 Å². The quantitative estimate of drug-likeness (QED) is 0.517. The number of rotatable bonds is 0. The third-order valence-corrected chi connectivity index (χ3v) is 1.49. The van der Waals surface area contributed by atoms with Crippen LogP contribution < -0.4 is 0 Å². The van der Waals surface area contributed by atoms with E-state index in [0.29, 0.717) is 6.54 Å². The molecular formula is C7H6N2O. The highest BCUT2D eigenvalue weighted by Crippen LogP contribution is 2.05. The number of nitrogens with zero attached hydrogens (tertiary/aromatic N) is 2. The molecule has 0 saturated heterocycles. The molecule has 0 aliphatic carbocycles. The van der Waals surface area contributed by atoms with Gasteiger partial charge < -0.3 is 4.57 Å². The Kier molecular flexibility index (Phi) is 0.974. The Hall–Kier alpha value is -1.38. The minimum atomic E-state index is 0.130. The zero-order valence-electron chi connectivity index (χ0n) is 5.32. The number of carbonyl (C=O) groups is 1. The summed E-state index contributed by atoms with van der Waals surface area (Å²) in [4.78, 5) is 14.8. The molecule has 1 aliphatic heterocycles. The van der Waals surface area contributed by atoms with Crippen LogP contribution >= 0.6 is 0 Å². The van der Waals surface area contributed by atoms with Crippen molar-refractivity contribution in [3.8, 4) is 0 Å². The maximum atomic E-state index is 10.8. The lowest BCUT2D eigenvalue weighted by Gasteiger charge is -2.05. The van der Waals surface area contributed by atoms with E-state index in [1.807, 2.05) is 4.57 Å². The molecule has 0 spiro atoms. The molecule has 50 valence electrons. The number of ketones is 1. The fraction of sp³-hybridized carbons (Fsp3) is 0.143. The first-order valence-electron chi connectivity index (χ1n) is 3.08. The summed E-state index contributed by atoms with van der Waals surface area (Å²) in [7, 11) is 0. The Labute approximate surface area is 58.0 Å². The van der Waals surface area contributed by atoms with Crippen LogP contribution in [0.3, 0.4) is 0 Å². The highest BCUT2D eigenvalue weighted by molar-refractivity contribution is 5.94. The molecule has 1 aliphatic rings. The molecule has 3 heteroatoms. The molecule has 1 aromatic rings. The molecule has 0 amide bonds. The first-order valence-corrected chi connectivity index (χ1v) is 3.08. The second-order valence-electron chi connectivity index (χ2n) is 2.21. The van der Waals surface area contributed by atoms with E-state index in [4.69, 9.17) is 0 Å². The van der Waals surface area contributed by atoms with Gasteiger partial charge in [0.15, 0.2) is 5.78 Å². The number of carbonyl (C=O) groups excluding carboxylic acids is 1. The number of hydrogen-bond acceptors (Lipinski definition) is 2. The van der Waals surface area contributed by atoms with Crippen molar-refractivity contribution < 1.29 is 4.79 Å². The van der Waals surface area contributed by atoms with Gasteiger partial charge in [-0.3, -0.25) is 4.79 Å². The Bertz CT molecular complexity index is 298. The van der Waals surface area contributed by atoms with E-state index in [0.717, 1.165) is 5.82 Å². The highest BCUT2D eigenvalue weighted by Gasteiger charge is 2.07. The van der Waals surface area contributed by atoms with Crippen molar-refractivity contribution in [2.24, 2.45) is 0 Å². The highest BCUT2D eigenvalue weighted by atomic mass is 16.1. The van der Waals surface area contributed by atoms with Crippen molar-refractivity contribution >= 4 is 11.9 Å². The summed E-state index contributed by atoms with van der Waals surface area (Å²) in [5, 5.41) is 0. The topological polar surface area (TPSA) is 34.9 Å². The summed E-state index contributed by atoms with van der Waals surface area (Å²) in [6.07, 6.45) is 6.78. The summed E-state index contributed by atoms with van der Waals surface area (Å²) < 4.78 is 1.82. The SMILES string of the molecule is O=C1C=Cc2nccn2C1. The molecule has 10 heavy (non-hydrogen) atoms. The van der Waals surface area contributed by atoms with Gasteiger partial charge in [0.25, 0.3) is 0 Å². The maximum Gasteiger partial charge on any atom is 0.175 e. The smallest absolute Gasteiger partial charge is 0.175 e. The molecular weight excluding hydrogens is 128 g/mol. The van der Waals surface area contributed by atoms with Gasteiger partial charge >= 0.3 is 0 Å². The molecule has 0 unspecified atom stereocenters. The second-order valence-corrected chi connectivity index (χ2v) is 2.21. The van der Waals surface area contributed by atoms with Crippen LogP contribution in [0.2, 0.25) is 0 Å². The van der Waals surface area contributed by atoms with Gasteiger partial charge in [0, 0.05) is 12.4 Å². The monoisotopic (exact) mass is 134 g/mol. The normalized spacial score (nSPS) is 15.4. The molecule has 2 rings (SSSR count). The van der Waals surface area contributed by atoms with Gasteiger partial charge in [-0.15, -0.1) is 0 Å². The first-order chi connectivity index (χ1) is 4.86. The van der Waals surface area contributed by atoms with Gasteiger partial charge in [-0.05, 0) is 12.2 Å². The Morgan fingerprint density at radius 1 is 1.50 bits per heavy atom. The average Bonchev–Trinajstić information content (AvgIpc) is 2.33. The number of allylic oxidation sites excluding steroid dienone is 1. The molecule has 0 radical (unpaired) electrons. The van der Waals surface area contributed by atoms with Crippen LogP contribution in [-0.2, 0) is 11.3 Å². The third kappa shape index (κ3) is 0.673. The lowest BCUT2D eigenvalue weighted by atomic mass is 10.3. The second kappa shape index (κ2) is 1.80. The minimum absolute atomic E-state index is 0.130. The number of aromatic nitrogens is 2. The lowest BCUT2D eigenvalue weighted by molar-refractivity contribution is -0.115. The fourth-order valence-electron chi connectivity index (χ4n) is 1.00. The van der Waals surface area contributed by atoms with Crippen LogP contribution in [-0.4, -0.2) is 15.3 Å². The average molecular weight is 134 g/mol. The van der Waals surface area contributed by atoms with E-state index in [9.17, 15) is 4.79 Å². The molecule has 2 heterocycles. The van der Waals surface area contributed by atoms with E-state index in [-0.39, 0.29) is 5.78 Å². The third-order valence-electron chi connectivity index (χ3n) is 1.49. The summed E-state index contributed by atoms with van der Waals surface area (Å²) in [6, 6.07) is 0.